The molecule has 0 fully saturated rings. The van der Waals surface area contributed by atoms with Gasteiger partial charge in [0, 0.05) is 0 Å². The third-order valence-corrected chi connectivity index (χ3v) is 2.95. The van der Waals surface area contributed by atoms with E-state index in [4.69, 9.17) is 17.3 Å². The lowest BCUT2D eigenvalue weighted by Crippen LogP contribution is -2.16. The third-order valence-electron chi connectivity index (χ3n) is 2.68. The molecule has 5 N–H and O–H groups in total. The minimum absolute atomic E-state index is 0.0275. The summed E-state index contributed by atoms with van der Waals surface area (Å²) in [6, 6.07) is 0. The number of aryl methyl sites for hydroxylation is 1. The molecule has 3 aromatic rings. The van der Waals surface area contributed by atoms with Crippen LogP contribution in [0.4, 0.5) is 11.6 Å². The molecule has 1 amide bonds. The number of imidazole rings is 1. The van der Waals surface area contributed by atoms with E-state index in [-0.39, 0.29) is 22.5 Å². The third kappa shape index (κ3) is 1.93. The number of anilines is 2. The van der Waals surface area contributed by atoms with Gasteiger partial charge in [-0.15, -0.1) is 0 Å². The molecule has 3 heterocycles. The van der Waals surface area contributed by atoms with Gasteiger partial charge < -0.3 is 10.7 Å². The second kappa shape index (κ2) is 4.46. The van der Waals surface area contributed by atoms with Crippen molar-refractivity contribution in [1.82, 2.24) is 30.1 Å². The van der Waals surface area contributed by atoms with Crippen molar-refractivity contribution in [1.29, 1.82) is 0 Å². The molecule has 3 rings (SSSR count). The molecule has 0 saturated carbocycles. The maximum atomic E-state index is 12.0. The standard InChI is InChI=1S/C10H9ClN8O/c1-3-4(12)5(19-18-3)9(20)17-10-15-7(11)6-8(16-10)14-2-13-6/h2H,12H2,1H3,(H,18,19)(H2,13,14,15,16,17,20). The normalized spacial score (nSPS) is 10.9. The molecular formula is C10H9ClN8O. The quantitative estimate of drug-likeness (QED) is 0.517. The van der Waals surface area contributed by atoms with Gasteiger partial charge in [-0.25, -0.2) is 4.98 Å². The number of fused-ring (bicyclic) bond motifs is 1. The Morgan fingerprint density at radius 2 is 2.25 bits per heavy atom. The van der Waals surface area contributed by atoms with Crippen molar-refractivity contribution in [2.45, 2.75) is 6.92 Å². The van der Waals surface area contributed by atoms with Crippen LogP contribution in [-0.4, -0.2) is 36.0 Å². The Kier molecular flexibility index (Phi) is 2.75. The molecule has 0 aromatic carbocycles. The number of hydrogen-bond acceptors (Lipinski definition) is 6. The lowest BCUT2D eigenvalue weighted by atomic mass is 10.3. The lowest BCUT2D eigenvalue weighted by molar-refractivity contribution is 0.102. The van der Waals surface area contributed by atoms with Crippen LogP contribution < -0.4 is 11.1 Å². The number of nitrogens with zero attached hydrogens (tertiary/aromatic N) is 4. The first-order chi connectivity index (χ1) is 9.56. The van der Waals surface area contributed by atoms with Gasteiger partial charge in [0.2, 0.25) is 5.95 Å². The van der Waals surface area contributed by atoms with Gasteiger partial charge in [-0.3, -0.25) is 15.2 Å². The second-order valence-corrected chi connectivity index (χ2v) is 4.36. The van der Waals surface area contributed by atoms with Crippen molar-refractivity contribution in [3.05, 3.63) is 22.9 Å². The van der Waals surface area contributed by atoms with Crippen LogP contribution in [0, 0.1) is 6.92 Å². The summed E-state index contributed by atoms with van der Waals surface area (Å²) < 4.78 is 0. The topological polar surface area (TPSA) is 138 Å². The molecule has 20 heavy (non-hydrogen) atoms. The van der Waals surface area contributed by atoms with Crippen LogP contribution in [0.15, 0.2) is 6.33 Å². The zero-order chi connectivity index (χ0) is 14.3. The van der Waals surface area contributed by atoms with Crippen molar-refractivity contribution in [3.63, 3.8) is 0 Å². The summed E-state index contributed by atoms with van der Waals surface area (Å²) in [7, 11) is 0. The number of rotatable bonds is 2. The summed E-state index contributed by atoms with van der Waals surface area (Å²) in [4.78, 5) is 26.8. The van der Waals surface area contributed by atoms with Gasteiger partial charge in [-0.2, -0.15) is 15.1 Å². The van der Waals surface area contributed by atoms with E-state index in [9.17, 15) is 4.79 Å². The average Bonchev–Trinajstić information content (AvgIpc) is 2.98. The van der Waals surface area contributed by atoms with Crippen LogP contribution in [0.1, 0.15) is 16.2 Å². The van der Waals surface area contributed by atoms with Crippen molar-refractivity contribution < 1.29 is 4.79 Å². The molecule has 0 aliphatic rings. The number of aromatic amines is 2. The van der Waals surface area contributed by atoms with E-state index in [0.29, 0.717) is 16.9 Å². The number of hydrogen-bond donors (Lipinski definition) is 4. The smallest absolute Gasteiger partial charge is 0.280 e. The van der Waals surface area contributed by atoms with Crippen molar-refractivity contribution in [3.8, 4) is 0 Å². The minimum Gasteiger partial charge on any atom is -0.395 e. The zero-order valence-corrected chi connectivity index (χ0v) is 11.0. The molecule has 0 aliphatic carbocycles. The minimum atomic E-state index is -0.530. The largest absolute Gasteiger partial charge is 0.395 e. The molecule has 0 atom stereocenters. The first kappa shape index (κ1) is 12.4. The van der Waals surface area contributed by atoms with Crippen LogP contribution in [0.2, 0.25) is 5.15 Å². The second-order valence-electron chi connectivity index (χ2n) is 4.00. The summed E-state index contributed by atoms with van der Waals surface area (Å²) >= 11 is 5.95. The lowest BCUT2D eigenvalue weighted by Gasteiger charge is -2.02. The van der Waals surface area contributed by atoms with E-state index < -0.39 is 5.91 Å². The first-order valence-electron chi connectivity index (χ1n) is 5.54. The number of nitrogens with two attached hydrogens (primary N) is 1. The number of carbonyl (C=O) groups is 1. The predicted molar refractivity (Wildman–Crippen MR) is 72.4 cm³/mol. The Labute approximate surface area is 117 Å². The first-order valence-corrected chi connectivity index (χ1v) is 5.92. The summed E-state index contributed by atoms with van der Waals surface area (Å²) in [6.07, 6.45) is 1.44. The van der Waals surface area contributed by atoms with Gasteiger partial charge in [0.05, 0.1) is 17.7 Å². The Morgan fingerprint density at radius 3 is 2.95 bits per heavy atom. The molecular weight excluding hydrogens is 284 g/mol. The maximum Gasteiger partial charge on any atom is 0.280 e. The summed E-state index contributed by atoms with van der Waals surface area (Å²) in [6.45, 7) is 1.71. The monoisotopic (exact) mass is 292 g/mol. The fourth-order valence-corrected chi connectivity index (χ4v) is 1.84. The van der Waals surface area contributed by atoms with Crippen LogP contribution in [0.5, 0.6) is 0 Å². The molecule has 9 nitrogen and oxygen atoms in total. The number of aromatic nitrogens is 6. The molecule has 102 valence electrons. The Bertz CT molecular complexity index is 807. The number of nitrogens with one attached hydrogen (secondary N) is 3. The number of amides is 1. The number of H-pyrrole nitrogens is 2. The Hall–Kier alpha value is -2.68. The molecule has 0 saturated heterocycles. The molecule has 0 aliphatic heterocycles. The van der Waals surface area contributed by atoms with E-state index in [1.54, 1.807) is 6.92 Å². The maximum absolute atomic E-state index is 12.0. The van der Waals surface area contributed by atoms with Gasteiger partial charge >= 0.3 is 0 Å². The van der Waals surface area contributed by atoms with Gasteiger partial charge in [0.15, 0.2) is 16.5 Å². The SMILES string of the molecule is Cc1[nH]nc(C(=O)Nc2nc(Cl)c3[nH]cnc3n2)c1N. The Morgan fingerprint density at radius 1 is 1.45 bits per heavy atom. The van der Waals surface area contributed by atoms with Gasteiger partial charge in [-0.1, -0.05) is 11.6 Å². The fourth-order valence-electron chi connectivity index (χ4n) is 1.63. The van der Waals surface area contributed by atoms with Crippen LogP contribution in [-0.2, 0) is 0 Å². The summed E-state index contributed by atoms with van der Waals surface area (Å²) in [5, 5.41) is 9.07. The van der Waals surface area contributed by atoms with Crippen LogP contribution >= 0.6 is 11.6 Å². The molecule has 0 bridgehead atoms. The van der Waals surface area contributed by atoms with Crippen molar-refractivity contribution >= 4 is 40.3 Å². The Balaban J connectivity index is 1.93. The molecule has 10 heteroatoms. The van der Waals surface area contributed by atoms with E-state index in [2.05, 4.69) is 35.5 Å². The highest BCUT2D eigenvalue weighted by molar-refractivity contribution is 6.33. The van der Waals surface area contributed by atoms with Gasteiger partial charge in [0.1, 0.15) is 5.52 Å². The average molecular weight is 293 g/mol. The number of nitrogen functional groups attached to an aromatic ring is 1. The number of carbonyl (C=O) groups excluding carboxylic acids is 1. The molecule has 0 spiro atoms. The highest BCUT2D eigenvalue weighted by atomic mass is 35.5. The number of halogens is 1. The highest BCUT2D eigenvalue weighted by Gasteiger charge is 2.17. The van der Waals surface area contributed by atoms with E-state index in [1.165, 1.54) is 6.33 Å². The van der Waals surface area contributed by atoms with Crippen molar-refractivity contribution in [2.75, 3.05) is 11.1 Å². The van der Waals surface area contributed by atoms with Crippen LogP contribution in [0.25, 0.3) is 11.2 Å². The molecule has 0 radical (unpaired) electrons. The zero-order valence-electron chi connectivity index (χ0n) is 10.2. The van der Waals surface area contributed by atoms with E-state index in [1.807, 2.05) is 0 Å². The highest BCUT2D eigenvalue weighted by Crippen LogP contribution is 2.19. The van der Waals surface area contributed by atoms with Crippen LogP contribution in [0.3, 0.4) is 0 Å². The van der Waals surface area contributed by atoms with E-state index >= 15 is 0 Å². The van der Waals surface area contributed by atoms with Gasteiger partial charge in [0.25, 0.3) is 5.91 Å². The fraction of sp³-hybridized carbons (Fsp3) is 0.100. The van der Waals surface area contributed by atoms with Gasteiger partial charge in [-0.05, 0) is 6.92 Å². The predicted octanol–water partition coefficient (Wildman–Crippen LogP) is 0.872. The molecule has 0 unspecified atom stereocenters. The van der Waals surface area contributed by atoms with Crippen molar-refractivity contribution in [2.24, 2.45) is 0 Å². The molecule has 3 aromatic heterocycles. The summed E-state index contributed by atoms with van der Waals surface area (Å²) in [5.41, 5.74) is 7.53. The summed E-state index contributed by atoms with van der Waals surface area (Å²) in [5.74, 6) is -0.502. The van der Waals surface area contributed by atoms with E-state index in [0.717, 1.165) is 0 Å².